The van der Waals surface area contributed by atoms with Crippen LogP contribution in [-0.2, 0) is 4.79 Å². The second kappa shape index (κ2) is 5.99. The molecule has 1 heterocycles. The van der Waals surface area contributed by atoms with Crippen molar-refractivity contribution in [1.29, 1.82) is 0 Å². The second-order valence-corrected chi connectivity index (χ2v) is 6.14. The molecule has 5 heteroatoms. The highest BCUT2D eigenvalue weighted by Gasteiger charge is 2.36. The Balaban J connectivity index is 2.60. The minimum atomic E-state index is -0.643. The van der Waals surface area contributed by atoms with Gasteiger partial charge in [-0.25, -0.2) is 0 Å². The molecule has 1 rings (SSSR count). The van der Waals surface area contributed by atoms with Crippen molar-refractivity contribution in [2.75, 3.05) is 33.7 Å². The van der Waals surface area contributed by atoms with Gasteiger partial charge in [0.1, 0.15) is 5.54 Å². The predicted octanol–water partition coefficient (Wildman–Crippen LogP) is -0.136. The number of nitrogens with one attached hydrogen (secondary N) is 1. The van der Waals surface area contributed by atoms with E-state index < -0.39 is 5.54 Å². The summed E-state index contributed by atoms with van der Waals surface area (Å²) < 4.78 is 0. The topological polar surface area (TPSA) is 61.6 Å². The Bertz CT molecular complexity index is 293. The van der Waals surface area contributed by atoms with Gasteiger partial charge in [0.25, 0.3) is 0 Å². The summed E-state index contributed by atoms with van der Waals surface area (Å²) in [5, 5.41) is 3.30. The lowest BCUT2D eigenvalue weighted by atomic mass is 9.99. The van der Waals surface area contributed by atoms with Gasteiger partial charge < -0.3 is 16.0 Å². The number of hydrogen-bond acceptors (Lipinski definition) is 4. The number of hydrogen-bond donors (Lipinski definition) is 2. The van der Waals surface area contributed by atoms with Crippen molar-refractivity contribution in [3.05, 3.63) is 0 Å². The number of likely N-dealkylation sites (N-methyl/N-ethyl adjacent to an activating group) is 1. The van der Waals surface area contributed by atoms with Crippen molar-refractivity contribution < 1.29 is 4.79 Å². The maximum atomic E-state index is 11.7. The third-order valence-corrected chi connectivity index (χ3v) is 3.67. The lowest BCUT2D eigenvalue weighted by Crippen LogP contribution is -2.61. The van der Waals surface area contributed by atoms with Crippen molar-refractivity contribution >= 4 is 5.91 Å². The summed E-state index contributed by atoms with van der Waals surface area (Å²) in [5.74, 6) is -0.274. The molecule has 3 N–H and O–H groups in total. The van der Waals surface area contributed by atoms with Crippen molar-refractivity contribution in [2.24, 2.45) is 5.73 Å². The van der Waals surface area contributed by atoms with E-state index in [4.69, 9.17) is 5.73 Å². The average molecular weight is 256 g/mol. The molecule has 5 nitrogen and oxygen atoms in total. The van der Waals surface area contributed by atoms with Crippen LogP contribution in [0.25, 0.3) is 0 Å². The summed E-state index contributed by atoms with van der Waals surface area (Å²) >= 11 is 0. The predicted molar refractivity (Wildman–Crippen MR) is 74.4 cm³/mol. The minimum absolute atomic E-state index is 0.245. The Labute approximate surface area is 111 Å². The zero-order chi connectivity index (χ0) is 13.9. The van der Waals surface area contributed by atoms with Gasteiger partial charge in [0.15, 0.2) is 0 Å². The number of amides is 1. The summed E-state index contributed by atoms with van der Waals surface area (Å²) in [7, 11) is 4.21. The molecule has 0 aliphatic carbocycles. The molecule has 0 radical (unpaired) electrons. The zero-order valence-corrected chi connectivity index (χ0v) is 12.4. The first kappa shape index (κ1) is 15.4. The van der Waals surface area contributed by atoms with Crippen LogP contribution in [0.4, 0.5) is 0 Å². The summed E-state index contributed by atoms with van der Waals surface area (Å²) in [6.45, 7) is 8.70. The Morgan fingerprint density at radius 2 is 2.17 bits per heavy atom. The van der Waals surface area contributed by atoms with E-state index in [9.17, 15) is 4.79 Å². The first-order chi connectivity index (χ1) is 8.24. The molecule has 1 aliphatic heterocycles. The number of primary amides is 1. The molecule has 2 unspecified atom stereocenters. The third-order valence-electron chi connectivity index (χ3n) is 3.67. The van der Waals surface area contributed by atoms with Crippen LogP contribution in [0, 0.1) is 0 Å². The van der Waals surface area contributed by atoms with E-state index in [2.05, 4.69) is 29.2 Å². The second-order valence-electron chi connectivity index (χ2n) is 6.14. The van der Waals surface area contributed by atoms with E-state index in [0.717, 1.165) is 19.5 Å². The average Bonchev–Trinajstić information content (AvgIpc) is 2.64. The Hall–Kier alpha value is -0.650. The van der Waals surface area contributed by atoms with Crippen LogP contribution in [0.2, 0.25) is 0 Å². The van der Waals surface area contributed by atoms with E-state index in [1.807, 2.05) is 20.8 Å². The van der Waals surface area contributed by atoms with Gasteiger partial charge >= 0.3 is 0 Å². The quantitative estimate of drug-likeness (QED) is 0.695. The molecule has 1 aliphatic rings. The molecule has 0 aromatic heterocycles. The van der Waals surface area contributed by atoms with Crippen molar-refractivity contribution in [3.63, 3.8) is 0 Å². The third kappa shape index (κ3) is 3.93. The summed E-state index contributed by atoms with van der Waals surface area (Å²) in [5.41, 5.74) is 4.91. The molecule has 0 saturated carbocycles. The van der Waals surface area contributed by atoms with Gasteiger partial charge in [-0.3, -0.25) is 9.69 Å². The summed E-state index contributed by atoms with van der Waals surface area (Å²) in [4.78, 5) is 16.3. The molecule has 1 amide bonds. The van der Waals surface area contributed by atoms with Crippen LogP contribution in [0.5, 0.6) is 0 Å². The van der Waals surface area contributed by atoms with Gasteiger partial charge in [-0.15, -0.1) is 0 Å². The summed E-state index contributed by atoms with van der Waals surface area (Å²) in [6, 6.07) is 0.830. The molecule has 2 atom stereocenters. The van der Waals surface area contributed by atoms with Crippen molar-refractivity contribution in [1.82, 2.24) is 15.1 Å². The fourth-order valence-corrected chi connectivity index (χ4v) is 2.66. The number of carbonyl (C=O) groups excluding carboxylic acids is 1. The number of nitrogens with two attached hydrogens (primary N) is 1. The Morgan fingerprint density at radius 1 is 1.56 bits per heavy atom. The maximum absolute atomic E-state index is 11.7. The van der Waals surface area contributed by atoms with Gasteiger partial charge in [-0.1, -0.05) is 0 Å². The highest BCUT2D eigenvalue weighted by molar-refractivity contribution is 5.84. The summed E-state index contributed by atoms with van der Waals surface area (Å²) in [6.07, 6.45) is 1.16. The largest absolute Gasteiger partial charge is 0.368 e. The van der Waals surface area contributed by atoms with E-state index in [1.54, 1.807) is 0 Å². The lowest BCUT2D eigenvalue weighted by Gasteiger charge is -2.34. The molecule has 18 heavy (non-hydrogen) atoms. The van der Waals surface area contributed by atoms with Gasteiger partial charge in [0.05, 0.1) is 0 Å². The molecule has 0 aromatic rings. The highest BCUT2D eigenvalue weighted by Crippen LogP contribution is 2.17. The van der Waals surface area contributed by atoms with Gasteiger partial charge in [0.2, 0.25) is 5.91 Å². The number of nitrogens with zero attached hydrogens (tertiary/aromatic N) is 2. The standard InChI is InChI=1S/C13H28N4O/c1-10(2)15-13(3,12(14)18)9-17-7-6-11(8-17)16(4)5/h10-11,15H,6-9H2,1-5H3,(H2,14,18). The smallest absolute Gasteiger partial charge is 0.238 e. The molecule has 106 valence electrons. The van der Waals surface area contributed by atoms with Gasteiger partial charge in [-0.05, 0) is 47.8 Å². The maximum Gasteiger partial charge on any atom is 0.238 e. The number of carbonyl (C=O) groups is 1. The molecule has 1 saturated heterocycles. The van der Waals surface area contributed by atoms with Crippen LogP contribution in [-0.4, -0.2) is 67.1 Å². The normalized spacial score (nSPS) is 24.7. The molecular weight excluding hydrogens is 228 g/mol. The van der Waals surface area contributed by atoms with E-state index in [1.165, 1.54) is 0 Å². The van der Waals surface area contributed by atoms with Gasteiger partial charge in [-0.2, -0.15) is 0 Å². The van der Waals surface area contributed by atoms with Crippen LogP contribution in [0.1, 0.15) is 27.2 Å². The monoisotopic (exact) mass is 256 g/mol. The lowest BCUT2D eigenvalue weighted by molar-refractivity contribution is -0.124. The SMILES string of the molecule is CC(C)NC(C)(CN1CCC(N(C)C)C1)C(N)=O. The molecule has 0 aromatic carbocycles. The fraction of sp³-hybridized carbons (Fsp3) is 0.923. The van der Waals surface area contributed by atoms with Crippen LogP contribution in [0.15, 0.2) is 0 Å². The number of rotatable bonds is 6. The highest BCUT2D eigenvalue weighted by atomic mass is 16.1. The molecule has 0 spiro atoms. The van der Waals surface area contributed by atoms with E-state index >= 15 is 0 Å². The fourth-order valence-electron chi connectivity index (χ4n) is 2.66. The van der Waals surface area contributed by atoms with Crippen LogP contribution in [0.3, 0.4) is 0 Å². The first-order valence-electron chi connectivity index (χ1n) is 6.71. The Morgan fingerprint density at radius 3 is 2.56 bits per heavy atom. The first-order valence-corrected chi connectivity index (χ1v) is 6.71. The van der Waals surface area contributed by atoms with Crippen LogP contribution < -0.4 is 11.1 Å². The number of likely N-dealkylation sites (tertiary alicyclic amines) is 1. The molecule has 0 bridgehead atoms. The molecule has 1 fully saturated rings. The Kier molecular flexibility index (Phi) is 5.13. The minimum Gasteiger partial charge on any atom is -0.368 e. The van der Waals surface area contributed by atoms with Gasteiger partial charge in [0, 0.05) is 25.2 Å². The zero-order valence-electron chi connectivity index (χ0n) is 12.4. The van der Waals surface area contributed by atoms with Crippen LogP contribution >= 0.6 is 0 Å². The van der Waals surface area contributed by atoms with Crippen molar-refractivity contribution in [3.8, 4) is 0 Å². The van der Waals surface area contributed by atoms with E-state index in [0.29, 0.717) is 12.6 Å². The van der Waals surface area contributed by atoms with E-state index in [-0.39, 0.29) is 11.9 Å². The van der Waals surface area contributed by atoms with Crippen molar-refractivity contribution in [2.45, 2.75) is 44.8 Å². The molecular formula is C13H28N4O.